The van der Waals surface area contributed by atoms with Crippen LogP contribution in [0.25, 0.3) is 10.9 Å². The molecule has 1 aromatic carbocycles. The third kappa shape index (κ3) is 3.95. The summed E-state index contributed by atoms with van der Waals surface area (Å²) in [4.78, 5) is 6.60. The molecule has 1 atom stereocenters. The molecule has 1 unspecified atom stereocenters. The van der Waals surface area contributed by atoms with Crippen molar-refractivity contribution in [3.8, 4) is 0 Å². The highest BCUT2D eigenvalue weighted by Gasteiger charge is 2.15. The van der Waals surface area contributed by atoms with Gasteiger partial charge in [0.15, 0.2) is 0 Å². The van der Waals surface area contributed by atoms with E-state index in [9.17, 15) is 5.11 Å². The third-order valence-electron chi connectivity index (χ3n) is 3.81. The highest BCUT2D eigenvalue weighted by molar-refractivity contribution is 9.10. The molecule has 0 amide bonds. The van der Waals surface area contributed by atoms with Crippen LogP contribution in [0.1, 0.15) is 0 Å². The quantitative estimate of drug-likeness (QED) is 0.849. The van der Waals surface area contributed by atoms with Gasteiger partial charge in [-0.15, -0.1) is 0 Å². The highest BCUT2D eigenvalue weighted by atomic mass is 79.9. The Morgan fingerprint density at radius 3 is 2.95 bits per heavy atom. The minimum absolute atomic E-state index is 0.406. The number of anilines is 1. The molecular weight excluding hydrogens is 346 g/mol. The number of aliphatic hydroxyl groups is 1. The monoisotopic (exact) mass is 365 g/mol. The maximum absolute atomic E-state index is 10.2. The number of fused-ring (bicyclic) bond motifs is 1. The Labute approximate surface area is 138 Å². The molecule has 2 aromatic rings. The fourth-order valence-corrected chi connectivity index (χ4v) is 3.00. The molecule has 1 fully saturated rings. The van der Waals surface area contributed by atoms with Gasteiger partial charge in [-0.1, -0.05) is 15.9 Å². The van der Waals surface area contributed by atoms with E-state index in [-0.39, 0.29) is 0 Å². The maximum atomic E-state index is 10.2. The summed E-state index contributed by atoms with van der Waals surface area (Å²) in [6.45, 7) is 4.48. The Hall–Kier alpha value is -1.21. The molecule has 22 heavy (non-hydrogen) atoms. The number of aliphatic hydroxyl groups excluding tert-OH is 1. The first kappa shape index (κ1) is 15.7. The molecule has 1 aliphatic rings. The van der Waals surface area contributed by atoms with Crippen LogP contribution in [-0.2, 0) is 4.74 Å². The van der Waals surface area contributed by atoms with Gasteiger partial charge in [-0.25, -0.2) is 0 Å². The van der Waals surface area contributed by atoms with Gasteiger partial charge in [-0.2, -0.15) is 0 Å². The molecule has 2 N–H and O–H groups in total. The molecule has 0 saturated carbocycles. The van der Waals surface area contributed by atoms with Crippen molar-refractivity contribution in [2.45, 2.75) is 6.10 Å². The number of ether oxygens (including phenoxy) is 1. The number of pyridine rings is 1. The van der Waals surface area contributed by atoms with E-state index in [1.165, 1.54) is 0 Å². The van der Waals surface area contributed by atoms with Gasteiger partial charge in [-0.05, 0) is 24.3 Å². The first-order valence-electron chi connectivity index (χ1n) is 7.49. The van der Waals surface area contributed by atoms with E-state index < -0.39 is 6.10 Å². The van der Waals surface area contributed by atoms with Crippen molar-refractivity contribution >= 4 is 32.5 Å². The number of β-amino-alcohol motifs (C(OH)–C–C–N with tert-alkyl or cyclic N) is 1. The second kappa shape index (κ2) is 7.37. The number of halogens is 1. The molecule has 5 nitrogen and oxygen atoms in total. The fraction of sp³-hybridized carbons (Fsp3) is 0.438. The summed E-state index contributed by atoms with van der Waals surface area (Å²) in [5, 5.41) is 14.6. The smallest absolute Gasteiger partial charge is 0.0839 e. The summed E-state index contributed by atoms with van der Waals surface area (Å²) in [5.74, 6) is 0. The molecule has 6 heteroatoms. The maximum Gasteiger partial charge on any atom is 0.0839 e. The van der Waals surface area contributed by atoms with Crippen molar-refractivity contribution in [2.24, 2.45) is 0 Å². The first-order valence-corrected chi connectivity index (χ1v) is 8.28. The van der Waals surface area contributed by atoms with Gasteiger partial charge in [0.2, 0.25) is 0 Å². The molecular formula is C16H20BrN3O2. The van der Waals surface area contributed by atoms with Gasteiger partial charge in [0, 0.05) is 47.9 Å². The SMILES string of the molecule is OC(CNc1ccnc2cc(Br)ccc12)CN1CCOCC1. The average molecular weight is 366 g/mol. The van der Waals surface area contributed by atoms with E-state index in [1.807, 2.05) is 24.3 Å². The van der Waals surface area contributed by atoms with Crippen LogP contribution in [0.3, 0.4) is 0 Å². The van der Waals surface area contributed by atoms with E-state index in [4.69, 9.17) is 4.74 Å². The van der Waals surface area contributed by atoms with Gasteiger partial charge in [0.25, 0.3) is 0 Å². The fourth-order valence-electron chi connectivity index (χ4n) is 2.65. The standard InChI is InChI=1S/C16H20BrN3O2/c17-12-1-2-14-15(3-4-18-16(14)9-12)19-10-13(21)11-20-5-7-22-8-6-20/h1-4,9,13,21H,5-8,10-11H2,(H,18,19). The number of nitrogens with zero attached hydrogens (tertiary/aromatic N) is 2. The van der Waals surface area contributed by atoms with Crippen LogP contribution >= 0.6 is 15.9 Å². The molecule has 0 spiro atoms. The molecule has 0 bridgehead atoms. The van der Waals surface area contributed by atoms with E-state index >= 15 is 0 Å². The van der Waals surface area contributed by atoms with Gasteiger partial charge >= 0.3 is 0 Å². The molecule has 1 aliphatic heterocycles. The lowest BCUT2D eigenvalue weighted by Crippen LogP contribution is -2.42. The Balaban J connectivity index is 1.61. The van der Waals surface area contributed by atoms with Crippen LogP contribution < -0.4 is 5.32 Å². The Morgan fingerprint density at radius 1 is 1.32 bits per heavy atom. The summed E-state index contributed by atoms with van der Waals surface area (Å²) in [6, 6.07) is 7.96. The second-order valence-electron chi connectivity index (χ2n) is 5.47. The Morgan fingerprint density at radius 2 is 2.14 bits per heavy atom. The molecule has 0 aliphatic carbocycles. The summed E-state index contributed by atoms with van der Waals surface area (Å²) >= 11 is 3.46. The van der Waals surface area contributed by atoms with Crippen molar-refractivity contribution in [3.63, 3.8) is 0 Å². The lowest BCUT2D eigenvalue weighted by molar-refractivity contribution is 0.0171. The van der Waals surface area contributed by atoms with Gasteiger partial charge < -0.3 is 15.2 Å². The van der Waals surface area contributed by atoms with Crippen LogP contribution in [0, 0.1) is 0 Å². The van der Waals surface area contributed by atoms with Crippen LogP contribution in [0.15, 0.2) is 34.9 Å². The number of nitrogens with one attached hydrogen (secondary N) is 1. The van der Waals surface area contributed by atoms with E-state index in [1.54, 1.807) is 6.20 Å². The molecule has 1 aromatic heterocycles. The average Bonchev–Trinajstić information content (AvgIpc) is 2.53. The largest absolute Gasteiger partial charge is 0.390 e. The topological polar surface area (TPSA) is 57.6 Å². The number of hydrogen-bond donors (Lipinski definition) is 2. The molecule has 3 rings (SSSR count). The predicted molar refractivity (Wildman–Crippen MR) is 91.2 cm³/mol. The third-order valence-corrected chi connectivity index (χ3v) is 4.30. The molecule has 0 radical (unpaired) electrons. The molecule has 2 heterocycles. The van der Waals surface area contributed by atoms with E-state index in [2.05, 4.69) is 31.1 Å². The number of morpholine rings is 1. The summed E-state index contributed by atoms with van der Waals surface area (Å²) in [7, 11) is 0. The van der Waals surface area contributed by atoms with E-state index in [0.29, 0.717) is 13.1 Å². The minimum atomic E-state index is -0.406. The predicted octanol–water partition coefficient (Wildman–Crippen LogP) is 2.10. The van der Waals surface area contributed by atoms with E-state index in [0.717, 1.165) is 47.4 Å². The first-order chi connectivity index (χ1) is 10.7. The zero-order valence-corrected chi connectivity index (χ0v) is 13.9. The number of rotatable bonds is 5. The minimum Gasteiger partial charge on any atom is -0.390 e. The van der Waals surface area contributed by atoms with Crippen molar-refractivity contribution in [3.05, 3.63) is 34.9 Å². The van der Waals surface area contributed by atoms with Gasteiger partial charge in [-0.3, -0.25) is 9.88 Å². The van der Waals surface area contributed by atoms with Crippen molar-refractivity contribution in [2.75, 3.05) is 44.7 Å². The number of aromatic nitrogens is 1. The van der Waals surface area contributed by atoms with Crippen molar-refractivity contribution < 1.29 is 9.84 Å². The van der Waals surface area contributed by atoms with Crippen molar-refractivity contribution in [1.29, 1.82) is 0 Å². The lowest BCUT2D eigenvalue weighted by Gasteiger charge is -2.28. The zero-order chi connectivity index (χ0) is 15.4. The normalized spacial score (nSPS) is 17.5. The number of hydrogen-bond acceptors (Lipinski definition) is 5. The van der Waals surface area contributed by atoms with Gasteiger partial charge in [0.05, 0.1) is 24.8 Å². The van der Waals surface area contributed by atoms with Gasteiger partial charge in [0.1, 0.15) is 0 Å². The molecule has 1 saturated heterocycles. The van der Waals surface area contributed by atoms with Crippen molar-refractivity contribution in [1.82, 2.24) is 9.88 Å². The highest BCUT2D eigenvalue weighted by Crippen LogP contribution is 2.24. The molecule has 118 valence electrons. The lowest BCUT2D eigenvalue weighted by atomic mass is 10.2. The summed E-state index contributed by atoms with van der Waals surface area (Å²) in [6.07, 6.45) is 1.38. The van der Waals surface area contributed by atoms with Crippen LogP contribution in [0.4, 0.5) is 5.69 Å². The van der Waals surface area contributed by atoms with Crippen LogP contribution in [0.5, 0.6) is 0 Å². The zero-order valence-electron chi connectivity index (χ0n) is 12.3. The van der Waals surface area contributed by atoms with Crippen LogP contribution in [0.2, 0.25) is 0 Å². The number of benzene rings is 1. The Bertz CT molecular complexity index is 632. The Kier molecular flexibility index (Phi) is 5.25. The summed E-state index contributed by atoms with van der Waals surface area (Å²) < 4.78 is 6.33. The summed E-state index contributed by atoms with van der Waals surface area (Å²) in [5.41, 5.74) is 1.93. The van der Waals surface area contributed by atoms with Crippen LogP contribution in [-0.4, -0.2) is 60.5 Å². The second-order valence-corrected chi connectivity index (χ2v) is 6.38.